The molecule has 2 N–H and O–H groups in total. The minimum atomic E-state index is -0.376. The first-order chi connectivity index (χ1) is 16.0. The quantitative estimate of drug-likeness (QED) is 0.368. The molecule has 3 heterocycles. The zero-order chi connectivity index (χ0) is 23.1. The molecule has 8 heteroatoms. The lowest BCUT2D eigenvalue weighted by Crippen LogP contribution is -2.21. The first-order valence-corrected chi connectivity index (χ1v) is 10.1. The number of hydrogen-bond acceptors (Lipinski definition) is 6. The number of ketones is 1. The van der Waals surface area contributed by atoms with Crippen molar-refractivity contribution in [3.05, 3.63) is 83.4 Å². The van der Waals surface area contributed by atoms with Crippen molar-refractivity contribution in [1.82, 2.24) is 15.0 Å². The van der Waals surface area contributed by atoms with E-state index in [2.05, 4.69) is 15.3 Å². The first kappa shape index (κ1) is 20.5. The molecule has 0 saturated heterocycles. The highest BCUT2D eigenvalue weighted by molar-refractivity contribution is 6.17. The molecule has 33 heavy (non-hydrogen) atoms. The van der Waals surface area contributed by atoms with E-state index >= 15 is 0 Å². The van der Waals surface area contributed by atoms with Crippen LogP contribution in [0.25, 0.3) is 28.2 Å². The number of rotatable bonds is 4. The average Bonchev–Trinajstić information content (AvgIpc) is 3.31. The molecule has 0 radical (unpaired) electrons. The molecule has 0 bridgehead atoms. The number of phenolic OH excluding ortho intramolecular Hbond substituents is 1. The van der Waals surface area contributed by atoms with Gasteiger partial charge in [-0.3, -0.25) is 14.4 Å². The Morgan fingerprint density at radius 3 is 2.70 bits per heavy atom. The summed E-state index contributed by atoms with van der Waals surface area (Å²) in [5, 5.41) is 10.9. The summed E-state index contributed by atoms with van der Waals surface area (Å²) in [7, 11) is 3.25. The number of carbonyl (C=O) groups is 2. The van der Waals surface area contributed by atoms with E-state index in [4.69, 9.17) is 4.74 Å². The summed E-state index contributed by atoms with van der Waals surface area (Å²) in [6, 6.07) is 13.7. The van der Waals surface area contributed by atoms with Gasteiger partial charge in [-0.15, -0.1) is 0 Å². The normalized spacial score (nSPS) is 13.9. The summed E-state index contributed by atoms with van der Waals surface area (Å²) in [5.74, 6) is -0.373. The summed E-state index contributed by atoms with van der Waals surface area (Å²) in [6.07, 6.45) is 5.25. The number of aromatic hydroxyl groups is 1. The van der Waals surface area contributed by atoms with Crippen LogP contribution in [0.3, 0.4) is 0 Å². The highest BCUT2D eigenvalue weighted by Crippen LogP contribution is 2.39. The Kier molecular flexibility index (Phi) is 4.91. The van der Waals surface area contributed by atoms with Crippen molar-refractivity contribution in [2.75, 3.05) is 7.11 Å². The Morgan fingerprint density at radius 2 is 1.97 bits per heavy atom. The minimum Gasteiger partial charge on any atom is -0.507 e. The summed E-state index contributed by atoms with van der Waals surface area (Å²) in [5.41, 5.74) is 6.15. The number of phenols is 1. The number of benzene rings is 2. The van der Waals surface area contributed by atoms with Gasteiger partial charge in [0, 0.05) is 36.0 Å². The number of ether oxygens (including phenoxy) is 1. The molecular weight excluding hydrogens is 422 g/mol. The Labute approximate surface area is 188 Å². The smallest absolute Gasteiger partial charge is 0.274 e. The molecule has 1 amide bonds. The van der Waals surface area contributed by atoms with E-state index in [1.54, 1.807) is 36.5 Å². The zero-order valence-corrected chi connectivity index (χ0v) is 17.8. The number of nitrogens with zero attached hydrogens (tertiary/aromatic N) is 2. The maximum atomic E-state index is 12.9. The number of aromatic nitrogens is 2. The molecule has 4 aromatic rings. The minimum absolute atomic E-state index is 0.112. The van der Waals surface area contributed by atoms with E-state index in [0.29, 0.717) is 11.3 Å². The van der Waals surface area contributed by atoms with Gasteiger partial charge >= 0.3 is 0 Å². The number of nitrogens with one attached hydrogen (secondary N) is 1. The number of allylic oxidation sites excluding steroid dienone is 1. The molecule has 164 valence electrons. The summed E-state index contributed by atoms with van der Waals surface area (Å²) < 4.78 is 7.61. The van der Waals surface area contributed by atoms with Gasteiger partial charge in [-0.1, -0.05) is 18.2 Å². The Hall–Kier alpha value is -4.43. The van der Waals surface area contributed by atoms with E-state index in [1.807, 2.05) is 36.0 Å². The van der Waals surface area contributed by atoms with Crippen molar-refractivity contribution < 1.29 is 24.3 Å². The monoisotopic (exact) mass is 441 g/mol. The molecule has 0 spiro atoms. The van der Waals surface area contributed by atoms with Crippen molar-refractivity contribution in [3.8, 4) is 22.6 Å². The third-order valence-electron chi connectivity index (χ3n) is 5.50. The highest BCUT2D eigenvalue weighted by atomic mass is 16.6. The SMILES string of the molecule is CONC(=O)c1ccc(-c2ccnc3c2c(C=C2Oc4cccc(O)c4C2=O)cn3C)cc1. The van der Waals surface area contributed by atoms with Gasteiger partial charge in [0.1, 0.15) is 22.7 Å². The van der Waals surface area contributed by atoms with Crippen molar-refractivity contribution in [3.63, 3.8) is 0 Å². The predicted octanol–water partition coefficient (Wildman–Crippen LogP) is 3.85. The molecule has 0 saturated carbocycles. The second-order valence-electron chi connectivity index (χ2n) is 7.56. The third kappa shape index (κ3) is 3.42. The number of pyridine rings is 1. The molecule has 1 aliphatic rings. The molecule has 0 fully saturated rings. The lowest BCUT2D eigenvalue weighted by molar-refractivity contribution is 0.0537. The zero-order valence-electron chi connectivity index (χ0n) is 17.8. The van der Waals surface area contributed by atoms with Crippen LogP contribution in [0.5, 0.6) is 11.5 Å². The molecule has 5 rings (SSSR count). The van der Waals surface area contributed by atoms with Crippen molar-refractivity contribution in [2.45, 2.75) is 0 Å². The van der Waals surface area contributed by atoms with Gasteiger partial charge in [-0.25, -0.2) is 10.5 Å². The maximum Gasteiger partial charge on any atom is 0.274 e. The maximum absolute atomic E-state index is 12.9. The number of Topliss-reactive ketones (excluding diaryl/α,β-unsaturated/α-hetero) is 1. The molecule has 0 aliphatic carbocycles. The molecule has 1 aliphatic heterocycles. The Bertz CT molecular complexity index is 1450. The fraction of sp³-hybridized carbons (Fsp3) is 0.0800. The fourth-order valence-electron chi connectivity index (χ4n) is 4.00. The predicted molar refractivity (Wildman–Crippen MR) is 122 cm³/mol. The Balaban J connectivity index is 1.60. The number of carbonyl (C=O) groups excluding carboxylic acids is 2. The van der Waals surface area contributed by atoms with Gasteiger partial charge in [-0.2, -0.15) is 0 Å². The Morgan fingerprint density at radius 1 is 1.18 bits per heavy atom. The third-order valence-corrected chi connectivity index (χ3v) is 5.50. The van der Waals surface area contributed by atoms with Gasteiger partial charge in [0.25, 0.3) is 5.91 Å². The second-order valence-corrected chi connectivity index (χ2v) is 7.56. The van der Waals surface area contributed by atoms with Crippen LogP contribution in [0.15, 0.2) is 66.7 Å². The molecular formula is C25H19N3O5. The first-order valence-electron chi connectivity index (χ1n) is 10.1. The van der Waals surface area contributed by atoms with Gasteiger partial charge in [0.15, 0.2) is 5.76 Å². The van der Waals surface area contributed by atoms with E-state index < -0.39 is 0 Å². The van der Waals surface area contributed by atoms with Crippen LogP contribution < -0.4 is 10.2 Å². The lowest BCUT2D eigenvalue weighted by atomic mass is 9.99. The molecule has 2 aromatic carbocycles. The molecule has 2 aromatic heterocycles. The van der Waals surface area contributed by atoms with Gasteiger partial charge < -0.3 is 14.4 Å². The number of aryl methyl sites for hydroxylation is 1. The van der Waals surface area contributed by atoms with Gasteiger partial charge in [0.2, 0.25) is 5.78 Å². The summed E-state index contributed by atoms with van der Waals surface area (Å²) >= 11 is 0. The highest BCUT2D eigenvalue weighted by Gasteiger charge is 2.30. The van der Waals surface area contributed by atoms with Crippen molar-refractivity contribution >= 4 is 28.8 Å². The van der Waals surface area contributed by atoms with Crippen LogP contribution in [-0.2, 0) is 11.9 Å². The number of amides is 1. The van der Waals surface area contributed by atoms with Crippen LogP contribution in [0.4, 0.5) is 0 Å². The van der Waals surface area contributed by atoms with E-state index in [0.717, 1.165) is 27.7 Å². The van der Waals surface area contributed by atoms with Gasteiger partial charge in [0.05, 0.1) is 7.11 Å². The topological polar surface area (TPSA) is 103 Å². The van der Waals surface area contributed by atoms with Crippen LogP contribution >= 0.6 is 0 Å². The van der Waals surface area contributed by atoms with Crippen LogP contribution in [-0.4, -0.2) is 33.5 Å². The van der Waals surface area contributed by atoms with Crippen LogP contribution in [0, 0.1) is 0 Å². The largest absolute Gasteiger partial charge is 0.507 e. The molecule has 0 unspecified atom stereocenters. The van der Waals surface area contributed by atoms with Crippen LogP contribution in [0.1, 0.15) is 26.3 Å². The standard InChI is InChI=1S/C25H19N3O5/c1-28-13-16(12-20-23(30)22-18(29)4-3-5-19(22)33-20)21-17(10-11-26-24(21)28)14-6-8-15(9-7-14)25(31)27-32-2/h3-13,29H,1-2H3,(H,27,31). The lowest BCUT2D eigenvalue weighted by Gasteiger charge is -2.07. The average molecular weight is 441 g/mol. The van der Waals surface area contributed by atoms with E-state index in [1.165, 1.54) is 13.2 Å². The molecule has 0 atom stereocenters. The summed E-state index contributed by atoms with van der Waals surface area (Å²) in [6.45, 7) is 0. The van der Waals surface area contributed by atoms with E-state index in [9.17, 15) is 14.7 Å². The summed E-state index contributed by atoms with van der Waals surface area (Å²) in [4.78, 5) is 34.0. The van der Waals surface area contributed by atoms with Crippen molar-refractivity contribution in [1.29, 1.82) is 0 Å². The number of hydrogen-bond donors (Lipinski definition) is 2. The van der Waals surface area contributed by atoms with Crippen molar-refractivity contribution in [2.24, 2.45) is 7.05 Å². The fourth-order valence-corrected chi connectivity index (χ4v) is 4.00. The molecule has 8 nitrogen and oxygen atoms in total. The van der Waals surface area contributed by atoms with E-state index in [-0.39, 0.29) is 28.8 Å². The second kappa shape index (κ2) is 7.92. The number of hydroxylamine groups is 1. The van der Waals surface area contributed by atoms with Crippen LogP contribution in [0.2, 0.25) is 0 Å². The van der Waals surface area contributed by atoms with Gasteiger partial charge in [-0.05, 0) is 47.5 Å². The number of fused-ring (bicyclic) bond motifs is 2.